The Labute approximate surface area is 144 Å². The molecule has 131 valence electrons. The normalized spacial score (nSPS) is 10.5. The van der Waals surface area contributed by atoms with Gasteiger partial charge < -0.3 is 18.3 Å². The van der Waals surface area contributed by atoms with Gasteiger partial charge in [-0.2, -0.15) is 0 Å². The SMILES string of the molecule is C=C(C)OC(=O)c1ccccc1C(=O)OCCCC[Si](OC)OC. The predicted molar refractivity (Wildman–Crippen MR) is 90.8 cm³/mol. The Balaban J connectivity index is 2.53. The number of allylic oxidation sites excluding steroid dienone is 1. The first kappa shape index (κ1) is 20.1. The number of benzene rings is 1. The van der Waals surface area contributed by atoms with Gasteiger partial charge in [-0.15, -0.1) is 0 Å². The average molecular weight is 351 g/mol. The number of hydrogen-bond donors (Lipinski definition) is 0. The van der Waals surface area contributed by atoms with Gasteiger partial charge in [0, 0.05) is 14.2 Å². The van der Waals surface area contributed by atoms with Gasteiger partial charge in [0.25, 0.3) is 0 Å². The lowest BCUT2D eigenvalue weighted by Crippen LogP contribution is -2.18. The third-order valence-corrected chi connectivity index (χ3v) is 4.77. The zero-order chi connectivity index (χ0) is 17.9. The summed E-state index contributed by atoms with van der Waals surface area (Å²) in [7, 11) is 2.03. The number of rotatable bonds is 10. The molecule has 24 heavy (non-hydrogen) atoms. The fourth-order valence-corrected chi connectivity index (χ4v) is 3.07. The summed E-state index contributed by atoms with van der Waals surface area (Å²) < 4.78 is 20.6. The van der Waals surface area contributed by atoms with Gasteiger partial charge in [-0.1, -0.05) is 18.7 Å². The lowest BCUT2D eigenvalue weighted by atomic mass is 10.1. The van der Waals surface area contributed by atoms with Gasteiger partial charge in [-0.25, -0.2) is 9.59 Å². The van der Waals surface area contributed by atoms with Crippen molar-refractivity contribution in [1.29, 1.82) is 0 Å². The Morgan fingerprint density at radius 1 is 1.04 bits per heavy atom. The van der Waals surface area contributed by atoms with E-state index in [1.807, 2.05) is 0 Å². The van der Waals surface area contributed by atoms with Crippen molar-refractivity contribution in [3.63, 3.8) is 0 Å². The van der Waals surface area contributed by atoms with Crippen molar-refractivity contribution in [2.45, 2.75) is 25.8 Å². The van der Waals surface area contributed by atoms with Gasteiger partial charge >= 0.3 is 21.2 Å². The Kier molecular flexibility index (Phi) is 8.99. The predicted octanol–water partition coefficient (Wildman–Crippen LogP) is 3.10. The van der Waals surface area contributed by atoms with E-state index in [1.54, 1.807) is 33.3 Å². The highest BCUT2D eigenvalue weighted by Crippen LogP contribution is 2.14. The third-order valence-electron chi connectivity index (χ3n) is 3.10. The van der Waals surface area contributed by atoms with Gasteiger partial charge in [0.2, 0.25) is 0 Å². The molecule has 0 aliphatic carbocycles. The first-order chi connectivity index (χ1) is 11.5. The van der Waals surface area contributed by atoms with Crippen LogP contribution in [-0.4, -0.2) is 42.0 Å². The minimum absolute atomic E-state index is 0.162. The molecule has 0 bridgehead atoms. The molecule has 1 rings (SSSR count). The number of carbonyl (C=O) groups excluding carboxylic acids is 2. The minimum atomic E-state index is -1.21. The lowest BCUT2D eigenvalue weighted by Gasteiger charge is -2.10. The Hall–Kier alpha value is -1.96. The van der Waals surface area contributed by atoms with Crippen LogP contribution in [0.2, 0.25) is 6.04 Å². The van der Waals surface area contributed by atoms with Crippen molar-refractivity contribution < 1.29 is 27.9 Å². The molecule has 7 heteroatoms. The van der Waals surface area contributed by atoms with E-state index < -0.39 is 21.2 Å². The Morgan fingerprint density at radius 3 is 2.17 bits per heavy atom. The molecule has 0 saturated heterocycles. The maximum atomic E-state index is 12.2. The van der Waals surface area contributed by atoms with Crippen LogP contribution in [0.1, 0.15) is 40.5 Å². The molecule has 0 atom stereocenters. The van der Waals surface area contributed by atoms with Crippen LogP contribution in [0, 0.1) is 0 Å². The number of esters is 2. The zero-order valence-corrected chi connectivity index (χ0v) is 15.3. The number of unbranched alkanes of at least 4 members (excludes halogenated alkanes) is 1. The van der Waals surface area contributed by atoms with Crippen molar-refractivity contribution in [1.82, 2.24) is 0 Å². The highest BCUT2D eigenvalue weighted by molar-refractivity contribution is 6.44. The second-order valence-electron chi connectivity index (χ2n) is 5.01. The summed E-state index contributed by atoms with van der Waals surface area (Å²) in [6.45, 7) is 5.35. The lowest BCUT2D eigenvalue weighted by molar-refractivity contribution is 0.0484. The van der Waals surface area contributed by atoms with Crippen molar-refractivity contribution in [2.75, 3.05) is 20.8 Å². The maximum absolute atomic E-state index is 12.2. The monoisotopic (exact) mass is 351 g/mol. The zero-order valence-electron chi connectivity index (χ0n) is 14.3. The van der Waals surface area contributed by atoms with Crippen LogP contribution in [0.25, 0.3) is 0 Å². The van der Waals surface area contributed by atoms with Gasteiger partial charge in [-0.05, 0) is 37.9 Å². The molecule has 0 saturated carbocycles. The molecule has 1 radical (unpaired) electrons. The summed E-state index contributed by atoms with van der Waals surface area (Å²) in [6.07, 6.45) is 1.54. The molecule has 0 fully saturated rings. The largest absolute Gasteiger partial charge is 0.462 e. The third kappa shape index (κ3) is 6.65. The van der Waals surface area contributed by atoms with Crippen LogP contribution in [-0.2, 0) is 18.3 Å². The van der Waals surface area contributed by atoms with Crippen LogP contribution in [0.4, 0.5) is 0 Å². The van der Waals surface area contributed by atoms with Gasteiger partial charge in [0.15, 0.2) is 0 Å². The molecule has 0 heterocycles. The van der Waals surface area contributed by atoms with E-state index in [1.165, 1.54) is 12.1 Å². The second-order valence-corrected chi connectivity index (χ2v) is 7.07. The van der Waals surface area contributed by atoms with E-state index in [2.05, 4.69) is 6.58 Å². The molecule has 0 unspecified atom stereocenters. The van der Waals surface area contributed by atoms with E-state index in [0.29, 0.717) is 6.42 Å². The summed E-state index contributed by atoms with van der Waals surface area (Å²) in [6, 6.07) is 7.20. The van der Waals surface area contributed by atoms with Crippen molar-refractivity contribution in [3.8, 4) is 0 Å². The van der Waals surface area contributed by atoms with E-state index >= 15 is 0 Å². The van der Waals surface area contributed by atoms with E-state index in [-0.39, 0.29) is 23.5 Å². The molecule has 0 aliphatic rings. The topological polar surface area (TPSA) is 71.1 Å². The quantitative estimate of drug-likeness (QED) is 0.279. The first-order valence-corrected chi connectivity index (χ1v) is 9.09. The van der Waals surface area contributed by atoms with Crippen LogP contribution in [0.3, 0.4) is 0 Å². The van der Waals surface area contributed by atoms with Crippen molar-refractivity contribution in [3.05, 3.63) is 47.7 Å². The first-order valence-electron chi connectivity index (χ1n) is 7.57. The van der Waals surface area contributed by atoms with Gasteiger partial charge in [0.1, 0.15) is 0 Å². The highest BCUT2D eigenvalue weighted by Gasteiger charge is 2.19. The molecule has 0 N–H and O–H groups in total. The van der Waals surface area contributed by atoms with E-state index in [9.17, 15) is 9.59 Å². The highest BCUT2D eigenvalue weighted by atomic mass is 28.3. The summed E-state index contributed by atoms with van der Waals surface area (Å²) in [4.78, 5) is 24.2. The summed E-state index contributed by atoms with van der Waals surface area (Å²) in [5.74, 6) is -0.909. The van der Waals surface area contributed by atoms with Crippen molar-refractivity contribution >= 4 is 21.2 Å². The molecule has 1 aromatic carbocycles. The molecule has 1 aromatic rings. The van der Waals surface area contributed by atoms with Crippen LogP contribution >= 0.6 is 0 Å². The fourth-order valence-electron chi connectivity index (χ4n) is 1.95. The molecule has 0 amide bonds. The van der Waals surface area contributed by atoms with E-state index in [0.717, 1.165) is 12.5 Å². The number of carbonyl (C=O) groups is 2. The Bertz CT molecular complexity index is 568. The maximum Gasteiger partial charge on any atom is 0.384 e. The average Bonchev–Trinajstić information content (AvgIpc) is 2.57. The fraction of sp³-hybridized carbons (Fsp3) is 0.412. The molecular weight excluding hydrogens is 328 g/mol. The second kappa shape index (κ2) is 10.7. The summed E-state index contributed by atoms with van der Waals surface area (Å²) >= 11 is 0. The molecule has 0 aliphatic heterocycles. The van der Waals surface area contributed by atoms with E-state index in [4.69, 9.17) is 18.3 Å². The molecular formula is C17H23O6Si. The molecule has 0 spiro atoms. The molecule has 0 aromatic heterocycles. The number of ether oxygens (including phenoxy) is 2. The van der Waals surface area contributed by atoms with Crippen LogP contribution < -0.4 is 0 Å². The number of hydrogen-bond acceptors (Lipinski definition) is 6. The van der Waals surface area contributed by atoms with Crippen molar-refractivity contribution in [2.24, 2.45) is 0 Å². The van der Waals surface area contributed by atoms with Crippen LogP contribution in [0.15, 0.2) is 36.6 Å². The standard InChI is InChI=1S/C17H23O6Si/c1-13(2)23-17(19)15-10-6-5-9-14(15)16(18)22-11-7-8-12-24(20-3)21-4/h5-6,9-10H,1,7-8,11-12H2,2-4H3. The molecule has 6 nitrogen and oxygen atoms in total. The van der Waals surface area contributed by atoms with Gasteiger partial charge in [0.05, 0.1) is 23.5 Å². The van der Waals surface area contributed by atoms with Crippen LogP contribution in [0.5, 0.6) is 0 Å². The summed E-state index contributed by atoms with van der Waals surface area (Å²) in [5, 5.41) is 0. The minimum Gasteiger partial charge on any atom is -0.462 e. The summed E-state index contributed by atoms with van der Waals surface area (Å²) in [5.41, 5.74) is 0.344. The smallest absolute Gasteiger partial charge is 0.384 e. The Morgan fingerprint density at radius 2 is 1.62 bits per heavy atom. The van der Waals surface area contributed by atoms with Gasteiger partial charge in [-0.3, -0.25) is 0 Å².